The summed E-state index contributed by atoms with van der Waals surface area (Å²) in [5.41, 5.74) is 0.886. The zero-order valence-corrected chi connectivity index (χ0v) is 24.4. The van der Waals surface area contributed by atoms with Gasteiger partial charge < -0.3 is 33.5 Å². The average molecular weight is 605 g/mol. The van der Waals surface area contributed by atoms with Gasteiger partial charge in [0.15, 0.2) is 0 Å². The molecule has 0 saturated heterocycles. The molecule has 1 atom stereocenters. The maximum absolute atomic E-state index is 12.5. The SMILES string of the molecule is C=CC(=O)OCCCCOc1ccc(C(=O)Oc2ccc(OC(O)c3ccc(OCCCCOC(=O)C=C)cc3)cc2)cc1. The van der Waals surface area contributed by atoms with Crippen molar-refractivity contribution in [2.45, 2.75) is 32.0 Å². The van der Waals surface area contributed by atoms with Crippen LogP contribution < -0.4 is 18.9 Å². The van der Waals surface area contributed by atoms with Gasteiger partial charge in [-0.15, -0.1) is 0 Å². The van der Waals surface area contributed by atoms with Crippen LogP contribution in [0.3, 0.4) is 0 Å². The summed E-state index contributed by atoms with van der Waals surface area (Å²) in [7, 11) is 0. The first-order valence-corrected chi connectivity index (χ1v) is 14.1. The first-order chi connectivity index (χ1) is 21.4. The van der Waals surface area contributed by atoms with E-state index >= 15 is 0 Å². The van der Waals surface area contributed by atoms with Crippen molar-refractivity contribution in [3.05, 3.63) is 109 Å². The monoisotopic (exact) mass is 604 g/mol. The molecule has 0 spiro atoms. The lowest BCUT2D eigenvalue weighted by molar-refractivity contribution is -0.138. The van der Waals surface area contributed by atoms with Crippen molar-refractivity contribution < 1.29 is 47.9 Å². The van der Waals surface area contributed by atoms with Crippen LogP contribution in [0.4, 0.5) is 0 Å². The second-order valence-electron chi connectivity index (χ2n) is 9.28. The van der Waals surface area contributed by atoms with Crippen molar-refractivity contribution >= 4 is 17.9 Å². The molecule has 0 fully saturated rings. The Morgan fingerprint density at radius 2 is 1.05 bits per heavy atom. The van der Waals surface area contributed by atoms with Crippen LogP contribution in [0.25, 0.3) is 0 Å². The standard InChI is InChI=1S/C34H36O10/c1-3-31(35)41-23-7-5-21-39-27-13-9-25(10-14-27)33(37)43-29-17-19-30(20-18-29)44-34(38)26-11-15-28(16-12-26)40-22-6-8-24-42-32(36)4-2/h3-4,9-20,33,37H,1-2,5-8,21-24H2. The van der Waals surface area contributed by atoms with Gasteiger partial charge in [0.2, 0.25) is 6.29 Å². The zero-order valence-electron chi connectivity index (χ0n) is 24.4. The van der Waals surface area contributed by atoms with Crippen LogP contribution in [0.2, 0.25) is 0 Å². The molecular formula is C34H36O10. The fourth-order valence-corrected chi connectivity index (χ4v) is 3.62. The molecule has 1 unspecified atom stereocenters. The fourth-order valence-electron chi connectivity index (χ4n) is 3.62. The molecule has 3 aromatic rings. The number of hydrogen-bond donors (Lipinski definition) is 1. The van der Waals surface area contributed by atoms with Gasteiger partial charge in [-0.25, -0.2) is 14.4 Å². The molecule has 44 heavy (non-hydrogen) atoms. The molecular weight excluding hydrogens is 568 g/mol. The number of aliphatic hydroxyl groups is 1. The van der Waals surface area contributed by atoms with E-state index < -0.39 is 24.2 Å². The maximum Gasteiger partial charge on any atom is 0.343 e. The van der Waals surface area contributed by atoms with Crippen molar-refractivity contribution in [3.63, 3.8) is 0 Å². The molecule has 0 aliphatic carbocycles. The summed E-state index contributed by atoms with van der Waals surface area (Å²) >= 11 is 0. The predicted octanol–water partition coefficient (Wildman–Crippen LogP) is 5.75. The normalized spacial score (nSPS) is 11.0. The Morgan fingerprint density at radius 3 is 1.55 bits per heavy atom. The summed E-state index contributed by atoms with van der Waals surface area (Å²) in [5, 5.41) is 10.5. The van der Waals surface area contributed by atoms with E-state index in [0.717, 1.165) is 12.2 Å². The second kappa shape index (κ2) is 18.4. The first-order valence-electron chi connectivity index (χ1n) is 14.1. The van der Waals surface area contributed by atoms with Crippen LogP contribution in [0.15, 0.2) is 98.1 Å². The van der Waals surface area contributed by atoms with E-state index in [1.807, 2.05) is 0 Å². The van der Waals surface area contributed by atoms with Gasteiger partial charge in [0.25, 0.3) is 0 Å². The highest BCUT2D eigenvalue weighted by Gasteiger charge is 2.12. The van der Waals surface area contributed by atoms with Crippen molar-refractivity contribution in [1.29, 1.82) is 0 Å². The highest BCUT2D eigenvalue weighted by molar-refractivity contribution is 5.91. The third-order valence-corrected chi connectivity index (χ3v) is 5.97. The molecule has 0 saturated carbocycles. The Bertz CT molecular complexity index is 1350. The van der Waals surface area contributed by atoms with Gasteiger partial charge in [0.05, 0.1) is 32.0 Å². The smallest absolute Gasteiger partial charge is 0.343 e. The topological polar surface area (TPSA) is 127 Å². The Morgan fingerprint density at radius 1 is 0.614 bits per heavy atom. The van der Waals surface area contributed by atoms with Crippen molar-refractivity contribution in [1.82, 2.24) is 0 Å². The summed E-state index contributed by atoms with van der Waals surface area (Å²) in [6.07, 6.45) is 3.79. The number of ether oxygens (including phenoxy) is 6. The molecule has 3 rings (SSSR count). The van der Waals surface area contributed by atoms with E-state index in [9.17, 15) is 19.5 Å². The number of carbonyl (C=O) groups excluding carboxylic acids is 3. The minimum atomic E-state index is -1.22. The third kappa shape index (κ3) is 12.0. The number of unbranched alkanes of at least 4 members (excludes halogenated alkanes) is 2. The maximum atomic E-state index is 12.5. The molecule has 0 aliphatic rings. The largest absolute Gasteiger partial charge is 0.494 e. The van der Waals surface area contributed by atoms with Gasteiger partial charge >= 0.3 is 17.9 Å². The van der Waals surface area contributed by atoms with Crippen LogP contribution in [-0.4, -0.2) is 49.4 Å². The predicted molar refractivity (Wildman–Crippen MR) is 162 cm³/mol. The summed E-state index contributed by atoms with van der Waals surface area (Å²) in [6, 6.07) is 19.7. The van der Waals surface area contributed by atoms with E-state index in [-0.39, 0.29) is 0 Å². The van der Waals surface area contributed by atoms with E-state index in [1.54, 1.807) is 72.8 Å². The summed E-state index contributed by atoms with van der Waals surface area (Å²) < 4.78 is 32.2. The van der Waals surface area contributed by atoms with Gasteiger partial charge in [0, 0.05) is 17.7 Å². The van der Waals surface area contributed by atoms with Crippen LogP contribution in [-0.2, 0) is 19.1 Å². The van der Waals surface area contributed by atoms with Crippen molar-refractivity contribution in [2.75, 3.05) is 26.4 Å². The summed E-state index contributed by atoms with van der Waals surface area (Å²) in [4.78, 5) is 34.6. The Balaban J connectivity index is 1.37. The summed E-state index contributed by atoms with van der Waals surface area (Å²) in [6.45, 7) is 8.20. The number of carbonyl (C=O) groups is 3. The Kier molecular flexibility index (Phi) is 14.0. The fraction of sp³-hybridized carbons (Fsp3) is 0.265. The van der Waals surface area contributed by atoms with Gasteiger partial charge in [-0.05, 0) is 98.5 Å². The lowest BCUT2D eigenvalue weighted by Gasteiger charge is -2.15. The third-order valence-electron chi connectivity index (χ3n) is 5.97. The number of rotatable bonds is 19. The van der Waals surface area contributed by atoms with E-state index in [2.05, 4.69) is 13.2 Å². The number of benzene rings is 3. The number of esters is 3. The van der Waals surface area contributed by atoms with Crippen LogP contribution in [0, 0.1) is 0 Å². The highest BCUT2D eigenvalue weighted by atomic mass is 16.6. The molecule has 10 nitrogen and oxygen atoms in total. The lowest BCUT2D eigenvalue weighted by Crippen LogP contribution is -2.09. The molecule has 0 radical (unpaired) electrons. The molecule has 0 bridgehead atoms. The molecule has 3 aromatic carbocycles. The number of aliphatic hydroxyl groups excluding tert-OH is 1. The first kappa shape index (κ1) is 33.4. The average Bonchev–Trinajstić information content (AvgIpc) is 3.05. The molecule has 10 heteroatoms. The Hall–Kier alpha value is -5.09. The molecule has 0 amide bonds. The second-order valence-corrected chi connectivity index (χ2v) is 9.28. The van der Waals surface area contributed by atoms with Crippen molar-refractivity contribution in [3.8, 4) is 23.0 Å². The number of hydrogen-bond acceptors (Lipinski definition) is 10. The summed E-state index contributed by atoms with van der Waals surface area (Å²) in [5.74, 6) is 0.517. The lowest BCUT2D eigenvalue weighted by atomic mass is 10.2. The molecule has 0 heterocycles. The van der Waals surface area contributed by atoms with E-state index in [0.29, 0.717) is 86.2 Å². The van der Waals surface area contributed by atoms with Gasteiger partial charge in [-0.1, -0.05) is 13.2 Å². The quantitative estimate of drug-likeness (QED) is 0.0594. The molecule has 0 aliphatic heterocycles. The van der Waals surface area contributed by atoms with E-state index in [4.69, 9.17) is 28.4 Å². The minimum Gasteiger partial charge on any atom is -0.494 e. The van der Waals surface area contributed by atoms with Crippen LogP contribution in [0.1, 0.15) is 47.9 Å². The zero-order chi connectivity index (χ0) is 31.6. The van der Waals surface area contributed by atoms with E-state index in [1.165, 1.54) is 0 Å². The highest BCUT2D eigenvalue weighted by Crippen LogP contribution is 2.25. The molecule has 1 N–H and O–H groups in total. The van der Waals surface area contributed by atoms with Gasteiger partial charge in [0.1, 0.15) is 23.0 Å². The van der Waals surface area contributed by atoms with Crippen LogP contribution >= 0.6 is 0 Å². The molecule has 232 valence electrons. The van der Waals surface area contributed by atoms with Gasteiger partial charge in [-0.2, -0.15) is 0 Å². The minimum absolute atomic E-state index is 0.304. The van der Waals surface area contributed by atoms with Crippen molar-refractivity contribution in [2.24, 2.45) is 0 Å². The van der Waals surface area contributed by atoms with Gasteiger partial charge in [-0.3, -0.25) is 0 Å². The Labute approximate surface area is 256 Å². The van der Waals surface area contributed by atoms with Crippen LogP contribution in [0.5, 0.6) is 23.0 Å². The molecule has 0 aromatic heterocycles.